The minimum atomic E-state index is -0.864. The SMILES string of the molecule is CCCC(C)COC(=O)c1cc([N+](=O)[O-])cc(C)c1F. The second-order valence-corrected chi connectivity index (χ2v) is 4.87. The Balaban J connectivity index is 2.89. The van der Waals surface area contributed by atoms with Gasteiger partial charge in [-0.1, -0.05) is 20.3 Å². The molecule has 0 amide bonds. The maximum Gasteiger partial charge on any atom is 0.341 e. The van der Waals surface area contributed by atoms with E-state index in [9.17, 15) is 19.3 Å². The molecule has 1 aromatic rings. The topological polar surface area (TPSA) is 69.4 Å². The molecule has 0 spiro atoms. The predicted molar refractivity (Wildman–Crippen MR) is 72.1 cm³/mol. The van der Waals surface area contributed by atoms with Crippen LogP contribution >= 0.6 is 0 Å². The Hall–Kier alpha value is -1.98. The molecule has 0 saturated carbocycles. The fourth-order valence-electron chi connectivity index (χ4n) is 1.88. The zero-order valence-electron chi connectivity index (χ0n) is 11.8. The Labute approximate surface area is 116 Å². The molecule has 0 heterocycles. The molecule has 0 aliphatic rings. The molecule has 0 fully saturated rings. The summed E-state index contributed by atoms with van der Waals surface area (Å²) in [4.78, 5) is 21.9. The number of halogens is 1. The van der Waals surface area contributed by atoms with Crippen LogP contribution in [0.3, 0.4) is 0 Å². The molecule has 0 bridgehead atoms. The van der Waals surface area contributed by atoms with Crippen LogP contribution in [0, 0.1) is 28.8 Å². The molecule has 6 heteroatoms. The van der Waals surface area contributed by atoms with Crippen molar-refractivity contribution in [1.29, 1.82) is 0 Å². The van der Waals surface area contributed by atoms with E-state index < -0.39 is 16.7 Å². The van der Waals surface area contributed by atoms with Crippen molar-refractivity contribution >= 4 is 11.7 Å². The van der Waals surface area contributed by atoms with Crippen molar-refractivity contribution in [2.24, 2.45) is 5.92 Å². The smallest absolute Gasteiger partial charge is 0.341 e. The summed E-state index contributed by atoms with van der Waals surface area (Å²) in [5, 5.41) is 10.7. The lowest BCUT2D eigenvalue weighted by Crippen LogP contribution is -2.14. The number of esters is 1. The van der Waals surface area contributed by atoms with Gasteiger partial charge in [-0.25, -0.2) is 9.18 Å². The molecule has 0 N–H and O–H groups in total. The van der Waals surface area contributed by atoms with E-state index in [1.807, 2.05) is 13.8 Å². The fraction of sp³-hybridized carbons (Fsp3) is 0.500. The van der Waals surface area contributed by atoms with Gasteiger partial charge < -0.3 is 4.74 Å². The molecule has 0 saturated heterocycles. The molecule has 1 unspecified atom stereocenters. The summed E-state index contributed by atoms with van der Waals surface area (Å²) in [6.45, 7) is 5.49. The molecule has 0 aliphatic carbocycles. The van der Waals surface area contributed by atoms with Crippen LogP contribution in [0.4, 0.5) is 10.1 Å². The van der Waals surface area contributed by atoms with Gasteiger partial charge in [0.2, 0.25) is 0 Å². The summed E-state index contributed by atoms with van der Waals surface area (Å²) in [6, 6.07) is 2.00. The van der Waals surface area contributed by atoms with Gasteiger partial charge >= 0.3 is 5.97 Å². The number of hydrogen-bond acceptors (Lipinski definition) is 4. The van der Waals surface area contributed by atoms with Crippen molar-refractivity contribution in [1.82, 2.24) is 0 Å². The summed E-state index contributed by atoms with van der Waals surface area (Å²) in [6.07, 6.45) is 1.85. The van der Waals surface area contributed by atoms with Gasteiger partial charge in [0, 0.05) is 12.1 Å². The van der Waals surface area contributed by atoms with Crippen molar-refractivity contribution in [2.45, 2.75) is 33.6 Å². The van der Waals surface area contributed by atoms with Crippen LogP contribution in [0.25, 0.3) is 0 Å². The third-order valence-electron chi connectivity index (χ3n) is 2.95. The van der Waals surface area contributed by atoms with E-state index in [0.717, 1.165) is 25.0 Å². The number of nitro groups is 1. The monoisotopic (exact) mass is 283 g/mol. The van der Waals surface area contributed by atoms with Crippen molar-refractivity contribution in [3.63, 3.8) is 0 Å². The van der Waals surface area contributed by atoms with Gasteiger partial charge in [-0.2, -0.15) is 0 Å². The Morgan fingerprint density at radius 1 is 1.50 bits per heavy atom. The van der Waals surface area contributed by atoms with Crippen LogP contribution in [0.1, 0.15) is 42.6 Å². The first-order valence-corrected chi connectivity index (χ1v) is 6.48. The Morgan fingerprint density at radius 2 is 2.15 bits per heavy atom. The second kappa shape index (κ2) is 6.98. The van der Waals surface area contributed by atoms with Gasteiger partial charge in [-0.15, -0.1) is 0 Å². The fourth-order valence-corrected chi connectivity index (χ4v) is 1.88. The number of rotatable bonds is 6. The number of carbonyl (C=O) groups is 1. The Kier molecular flexibility index (Phi) is 5.61. The number of hydrogen-bond donors (Lipinski definition) is 0. The predicted octanol–water partition coefficient (Wildman–Crippen LogP) is 3.64. The molecule has 0 aliphatic heterocycles. The van der Waals surface area contributed by atoms with E-state index in [0.29, 0.717) is 0 Å². The molecule has 20 heavy (non-hydrogen) atoms. The van der Waals surface area contributed by atoms with E-state index in [2.05, 4.69) is 0 Å². The lowest BCUT2D eigenvalue weighted by molar-refractivity contribution is -0.385. The van der Waals surface area contributed by atoms with Crippen LogP contribution in [-0.4, -0.2) is 17.5 Å². The van der Waals surface area contributed by atoms with Crippen molar-refractivity contribution in [3.05, 3.63) is 39.2 Å². The maximum absolute atomic E-state index is 13.8. The number of carbonyl (C=O) groups excluding carboxylic acids is 1. The van der Waals surface area contributed by atoms with Crippen LogP contribution < -0.4 is 0 Å². The normalized spacial score (nSPS) is 12.0. The summed E-state index contributed by atoms with van der Waals surface area (Å²) in [7, 11) is 0. The number of non-ortho nitro benzene ring substituents is 1. The lowest BCUT2D eigenvalue weighted by Gasteiger charge is -2.11. The number of aryl methyl sites for hydroxylation is 1. The number of nitrogens with zero attached hydrogens (tertiary/aromatic N) is 1. The number of ether oxygens (including phenoxy) is 1. The zero-order chi connectivity index (χ0) is 15.3. The average molecular weight is 283 g/mol. The van der Waals surface area contributed by atoms with E-state index in [4.69, 9.17) is 4.74 Å². The van der Waals surface area contributed by atoms with Crippen LogP contribution in [0.15, 0.2) is 12.1 Å². The molecule has 0 radical (unpaired) electrons. The highest BCUT2D eigenvalue weighted by atomic mass is 19.1. The maximum atomic E-state index is 13.8. The summed E-state index contributed by atoms with van der Waals surface area (Å²) < 4.78 is 18.9. The van der Waals surface area contributed by atoms with E-state index in [1.54, 1.807) is 0 Å². The molecule has 110 valence electrons. The summed E-state index contributed by atoms with van der Waals surface area (Å²) in [5.74, 6) is -1.46. The van der Waals surface area contributed by atoms with Crippen molar-refractivity contribution in [3.8, 4) is 0 Å². The molecular formula is C14H18FNO4. The summed E-state index contributed by atoms with van der Waals surface area (Å²) in [5.41, 5.74) is -0.661. The largest absolute Gasteiger partial charge is 0.462 e. The highest BCUT2D eigenvalue weighted by Gasteiger charge is 2.21. The quantitative estimate of drug-likeness (QED) is 0.454. The zero-order valence-corrected chi connectivity index (χ0v) is 11.8. The third-order valence-corrected chi connectivity index (χ3v) is 2.95. The van der Waals surface area contributed by atoms with Gasteiger partial charge in [0.1, 0.15) is 11.4 Å². The highest BCUT2D eigenvalue weighted by Crippen LogP contribution is 2.22. The molecular weight excluding hydrogens is 265 g/mol. The van der Waals surface area contributed by atoms with Gasteiger partial charge in [-0.05, 0) is 24.8 Å². The molecule has 0 aromatic heterocycles. The van der Waals surface area contributed by atoms with Crippen LogP contribution in [0.5, 0.6) is 0 Å². The molecule has 1 rings (SSSR count). The van der Waals surface area contributed by atoms with E-state index >= 15 is 0 Å². The minimum Gasteiger partial charge on any atom is -0.462 e. The van der Waals surface area contributed by atoms with Gasteiger partial charge in [0.15, 0.2) is 0 Å². The van der Waals surface area contributed by atoms with Crippen LogP contribution in [0.2, 0.25) is 0 Å². The number of nitro benzene ring substituents is 1. The first-order chi connectivity index (χ1) is 9.36. The third kappa shape index (κ3) is 4.01. The first-order valence-electron chi connectivity index (χ1n) is 6.48. The average Bonchev–Trinajstić information content (AvgIpc) is 2.39. The van der Waals surface area contributed by atoms with Gasteiger partial charge in [0.25, 0.3) is 5.69 Å². The molecule has 5 nitrogen and oxygen atoms in total. The van der Waals surface area contributed by atoms with Gasteiger partial charge in [0.05, 0.1) is 11.5 Å². The van der Waals surface area contributed by atoms with Gasteiger partial charge in [-0.3, -0.25) is 10.1 Å². The van der Waals surface area contributed by atoms with E-state index in [1.165, 1.54) is 6.92 Å². The molecule has 1 aromatic carbocycles. The highest BCUT2D eigenvalue weighted by molar-refractivity contribution is 5.90. The van der Waals surface area contributed by atoms with Crippen molar-refractivity contribution in [2.75, 3.05) is 6.61 Å². The Bertz CT molecular complexity index is 516. The second-order valence-electron chi connectivity index (χ2n) is 4.87. The van der Waals surface area contributed by atoms with Crippen LogP contribution in [-0.2, 0) is 4.74 Å². The Morgan fingerprint density at radius 3 is 2.70 bits per heavy atom. The lowest BCUT2D eigenvalue weighted by atomic mass is 10.1. The van der Waals surface area contributed by atoms with E-state index in [-0.39, 0.29) is 29.3 Å². The number of benzene rings is 1. The van der Waals surface area contributed by atoms with Crippen molar-refractivity contribution < 1.29 is 18.8 Å². The molecule has 1 atom stereocenters. The standard InChI is InChI=1S/C14H18FNO4/c1-4-5-9(2)8-20-14(17)12-7-11(16(18)19)6-10(3)13(12)15/h6-7,9H,4-5,8H2,1-3H3. The summed E-state index contributed by atoms with van der Waals surface area (Å²) >= 11 is 0. The first kappa shape index (κ1) is 16.1. The minimum absolute atomic E-state index is 0.0488.